The number of aromatic nitrogens is 4. The van der Waals surface area contributed by atoms with Gasteiger partial charge in [-0.2, -0.15) is 0 Å². The van der Waals surface area contributed by atoms with Gasteiger partial charge in [0.1, 0.15) is 30.2 Å². The third-order valence-corrected chi connectivity index (χ3v) is 8.82. The van der Waals surface area contributed by atoms with Gasteiger partial charge in [0.15, 0.2) is 0 Å². The van der Waals surface area contributed by atoms with Crippen LogP contribution >= 0.6 is 0 Å². The van der Waals surface area contributed by atoms with E-state index in [-0.39, 0.29) is 19.3 Å². The van der Waals surface area contributed by atoms with E-state index in [2.05, 4.69) is 51.8 Å². The number of H-pyrrole nitrogens is 2. The molecule has 314 valence electrons. The summed E-state index contributed by atoms with van der Waals surface area (Å²) in [7, 11) is 0. The van der Waals surface area contributed by atoms with Gasteiger partial charge in [-0.1, -0.05) is 58.0 Å². The Kier molecular flexibility index (Phi) is 17.5. The molecule has 1 aromatic carbocycles. The lowest BCUT2D eigenvalue weighted by atomic mass is 10.0. The zero-order valence-electron chi connectivity index (χ0n) is 32.6. The first-order valence-electron chi connectivity index (χ1n) is 18.5. The summed E-state index contributed by atoms with van der Waals surface area (Å²) in [6.07, 6.45) is 5.14. The molecule has 7 amide bonds. The molecule has 13 N–H and O–H groups in total. The van der Waals surface area contributed by atoms with Crippen molar-refractivity contribution in [2.24, 2.45) is 23.3 Å². The van der Waals surface area contributed by atoms with Gasteiger partial charge in [-0.3, -0.25) is 33.6 Å². The minimum Gasteiger partial charge on any atom is -0.480 e. The number of nitrogens with one attached hydrogen (secondary N) is 8. The zero-order valence-corrected chi connectivity index (χ0v) is 32.6. The van der Waals surface area contributed by atoms with Gasteiger partial charge in [-0.15, -0.1) is 0 Å². The molecular formula is C37H52N12O9. The number of nitrogens with zero attached hydrogens (tertiary/aromatic N) is 2. The summed E-state index contributed by atoms with van der Waals surface area (Å²) in [4.78, 5) is 117. The monoisotopic (exact) mass is 808 g/mol. The molecule has 0 aliphatic heterocycles. The average molecular weight is 809 g/mol. The van der Waals surface area contributed by atoms with Crippen LogP contribution < -0.4 is 43.4 Å². The molecule has 0 aliphatic rings. The minimum absolute atomic E-state index is 0.0295. The third-order valence-electron chi connectivity index (χ3n) is 8.82. The molecular weight excluding hydrogens is 756 g/mol. The lowest BCUT2D eigenvalue weighted by Gasteiger charge is -2.26. The second-order valence-corrected chi connectivity index (χ2v) is 14.3. The number of amides is 7. The van der Waals surface area contributed by atoms with Gasteiger partial charge in [0.2, 0.25) is 41.4 Å². The highest BCUT2D eigenvalue weighted by Gasteiger charge is 2.33. The number of carbonyl (C=O) groups excluding carboxylic acids is 7. The zero-order chi connectivity index (χ0) is 42.9. The molecule has 21 nitrogen and oxygen atoms in total. The molecule has 0 aliphatic carbocycles. The number of aliphatic carboxylic acids is 1. The predicted molar refractivity (Wildman–Crippen MR) is 206 cm³/mol. The maximum Gasteiger partial charge on any atom is 0.326 e. The number of nitrogens with two attached hydrogens (primary N) is 2. The summed E-state index contributed by atoms with van der Waals surface area (Å²) in [5.41, 5.74) is 13.2. The normalized spacial score (nSPS) is 14.2. The average Bonchev–Trinajstić information content (AvgIpc) is 3.88. The molecule has 3 aromatic rings. The molecule has 6 unspecified atom stereocenters. The fourth-order valence-corrected chi connectivity index (χ4v) is 5.65. The van der Waals surface area contributed by atoms with E-state index in [9.17, 15) is 43.5 Å². The lowest BCUT2D eigenvalue weighted by molar-refractivity contribution is -0.143. The Labute approximate surface area is 334 Å². The highest BCUT2D eigenvalue weighted by Crippen LogP contribution is 2.09. The van der Waals surface area contributed by atoms with Crippen LogP contribution in [0.25, 0.3) is 0 Å². The fraction of sp³-hybridized carbons (Fsp3) is 0.459. The number of hydrogen-bond donors (Lipinski definition) is 11. The lowest BCUT2D eigenvalue weighted by Crippen LogP contribution is -2.59. The van der Waals surface area contributed by atoms with Crippen LogP contribution in [0.1, 0.15) is 51.1 Å². The minimum atomic E-state index is -1.60. The van der Waals surface area contributed by atoms with Crippen molar-refractivity contribution in [3.8, 4) is 0 Å². The summed E-state index contributed by atoms with van der Waals surface area (Å²) in [5, 5.41) is 24.5. The predicted octanol–water partition coefficient (Wildman–Crippen LogP) is -2.70. The van der Waals surface area contributed by atoms with E-state index < -0.39 is 108 Å². The van der Waals surface area contributed by atoms with Gasteiger partial charge >= 0.3 is 5.97 Å². The van der Waals surface area contributed by atoms with E-state index in [1.807, 2.05) is 0 Å². The van der Waals surface area contributed by atoms with Gasteiger partial charge in [0.05, 0.1) is 31.7 Å². The highest BCUT2D eigenvalue weighted by molar-refractivity contribution is 5.97. The largest absolute Gasteiger partial charge is 0.480 e. The second kappa shape index (κ2) is 22.2. The van der Waals surface area contributed by atoms with Crippen LogP contribution in [-0.4, -0.2) is 115 Å². The Morgan fingerprint density at radius 1 is 0.655 bits per heavy atom. The first-order chi connectivity index (χ1) is 27.4. The molecule has 6 atom stereocenters. The third kappa shape index (κ3) is 14.8. The van der Waals surface area contributed by atoms with Gasteiger partial charge in [-0.05, 0) is 17.4 Å². The fourth-order valence-electron chi connectivity index (χ4n) is 5.65. The quantitative estimate of drug-likeness (QED) is 0.0466. The SMILES string of the molecule is CC(C)C(NC(=O)C(Cc1ccccc1)NC(=O)C(CC(N)=O)NC(=O)CNC(=O)C(NC(=O)C(Cc1cnc[nH]1)NC(=O)C(N)Cc1cnc[nH]1)C(C)C)C(=O)O. The maximum atomic E-state index is 13.6. The van der Waals surface area contributed by atoms with E-state index in [1.165, 1.54) is 25.0 Å². The first-order valence-corrected chi connectivity index (χ1v) is 18.5. The van der Waals surface area contributed by atoms with E-state index in [0.29, 0.717) is 17.0 Å². The van der Waals surface area contributed by atoms with Crippen molar-refractivity contribution in [3.63, 3.8) is 0 Å². The van der Waals surface area contributed by atoms with Crippen molar-refractivity contribution in [1.29, 1.82) is 0 Å². The number of aromatic amines is 2. The topological polar surface area (TPSA) is 338 Å². The highest BCUT2D eigenvalue weighted by atomic mass is 16.4. The summed E-state index contributed by atoms with van der Waals surface area (Å²) in [6.45, 7) is 5.77. The van der Waals surface area contributed by atoms with Crippen molar-refractivity contribution in [1.82, 2.24) is 51.8 Å². The summed E-state index contributed by atoms with van der Waals surface area (Å²) < 4.78 is 0. The Hall–Kier alpha value is -6.64. The standard InChI is InChI=1S/C37H52N12O9/c1-19(2)30(48-35(55)26(12-23-15-41-18-44-23)46-32(52)24(38)11-22-14-40-17-43-22)36(56)42-16-29(51)45-27(13-28(39)50)33(53)47-25(10-21-8-6-5-7-9-21)34(54)49-31(20(3)4)37(57)58/h5-9,14-15,17-20,24-27,30-31H,10-13,16,38H2,1-4H3,(H2,39,50)(H,40,43)(H,41,44)(H,42,56)(H,45,51)(H,46,52)(H,47,53)(H,48,55)(H,49,54)(H,57,58). The summed E-state index contributed by atoms with van der Waals surface area (Å²) >= 11 is 0. The number of primary amides is 1. The van der Waals surface area contributed by atoms with Crippen molar-refractivity contribution >= 4 is 47.3 Å². The van der Waals surface area contributed by atoms with E-state index in [0.717, 1.165) is 0 Å². The molecule has 3 rings (SSSR count). The number of carbonyl (C=O) groups is 8. The number of benzene rings is 1. The Morgan fingerprint density at radius 2 is 1.17 bits per heavy atom. The molecule has 21 heteroatoms. The Morgan fingerprint density at radius 3 is 1.69 bits per heavy atom. The van der Waals surface area contributed by atoms with Crippen LogP contribution in [0.4, 0.5) is 0 Å². The van der Waals surface area contributed by atoms with E-state index in [4.69, 9.17) is 11.5 Å². The number of hydrogen-bond acceptors (Lipinski definition) is 11. The van der Waals surface area contributed by atoms with Crippen molar-refractivity contribution in [3.05, 3.63) is 72.3 Å². The van der Waals surface area contributed by atoms with Crippen LogP contribution in [0.2, 0.25) is 0 Å². The molecule has 0 fully saturated rings. The molecule has 58 heavy (non-hydrogen) atoms. The maximum absolute atomic E-state index is 13.6. The van der Waals surface area contributed by atoms with Crippen LogP contribution in [0.15, 0.2) is 55.4 Å². The van der Waals surface area contributed by atoms with Crippen LogP contribution in [0.5, 0.6) is 0 Å². The molecule has 0 saturated carbocycles. The first kappa shape index (κ1) is 45.7. The van der Waals surface area contributed by atoms with E-state index >= 15 is 0 Å². The van der Waals surface area contributed by atoms with Gasteiger partial charge in [-0.25, -0.2) is 14.8 Å². The van der Waals surface area contributed by atoms with E-state index in [1.54, 1.807) is 58.0 Å². The number of imidazole rings is 2. The number of carboxylic acid groups (broad SMARTS) is 1. The molecule has 0 radical (unpaired) electrons. The smallest absolute Gasteiger partial charge is 0.326 e. The second-order valence-electron chi connectivity index (χ2n) is 14.3. The van der Waals surface area contributed by atoms with Crippen molar-refractivity contribution in [2.45, 2.75) is 89.6 Å². The van der Waals surface area contributed by atoms with Gasteiger partial charge < -0.3 is 58.4 Å². The van der Waals surface area contributed by atoms with Crippen LogP contribution in [-0.2, 0) is 57.6 Å². The van der Waals surface area contributed by atoms with Gasteiger partial charge in [0, 0.05) is 43.0 Å². The van der Waals surface area contributed by atoms with Crippen molar-refractivity contribution in [2.75, 3.05) is 6.54 Å². The molecule has 2 heterocycles. The molecule has 0 saturated heterocycles. The molecule has 2 aromatic heterocycles. The molecule has 0 bridgehead atoms. The molecule has 0 spiro atoms. The summed E-state index contributed by atoms with van der Waals surface area (Å²) in [6, 6.07) is 0.901. The number of carboxylic acids is 1. The Bertz CT molecular complexity index is 1850. The number of rotatable bonds is 23. The van der Waals surface area contributed by atoms with Gasteiger partial charge in [0.25, 0.3) is 0 Å². The van der Waals surface area contributed by atoms with Crippen LogP contribution in [0, 0.1) is 11.8 Å². The summed E-state index contributed by atoms with van der Waals surface area (Å²) in [5.74, 6) is -8.14. The Balaban J connectivity index is 1.68. The van der Waals surface area contributed by atoms with Crippen molar-refractivity contribution < 1.29 is 43.5 Å². The van der Waals surface area contributed by atoms with Crippen LogP contribution in [0.3, 0.4) is 0 Å².